The Labute approximate surface area is 194 Å². The van der Waals surface area contributed by atoms with Gasteiger partial charge in [0, 0.05) is 52.4 Å². The molecule has 3 rings (SSSR count). The summed E-state index contributed by atoms with van der Waals surface area (Å²) in [5, 5.41) is 7.42. The molecule has 9 nitrogen and oxygen atoms in total. The van der Waals surface area contributed by atoms with Crippen LogP contribution in [0.25, 0.3) is 0 Å². The van der Waals surface area contributed by atoms with Crippen molar-refractivity contribution in [3.8, 4) is 17.2 Å². The normalized spacial score (nSPS) is 14.8. The quantitative estimate of drug-likeness (QED) is 0.331. The van der Waals surface area contributed by atoms with Crippen molar-refractivity contribution >= 4 is 29.9 Å². The maximum atomic E-state index is 5.43. The van der Waals surface area contributed by atoms with Crippen molar-refractivity contribution in [2.45, 2.75) is 13.1 Å². The van der Waals surface area contributed by atoms with E-state index in [4.69, 9.17) is 18.7 Å². The molecule has 1 saturated heterocycles. The van der Waals surface area contributed by atoms with E-state index < -0.39 is 0 Å². The van der Waals surface area contributed by atoms with Crippen LogP contribution < -0.4 is 19.5 Å². The van der Waals surface area contributed by atoms with Crippen LogP contribution in [0.4, 0.5) is 0 Å². The second kappa shape index (κ2) is 11.8. The molecule has 0 spiro atoms. The SMILES string of the molecule is CN=C(NCc1cc(OC)c(OC)c(OC)c1)N1CCN(Cc2ccon2)CC1.I. The Bertz CT molecular complexity index is 783. The van der Waals surface area contributed by atoms with E-state index in [9.17, 15) is 0 Å². The van der Waals surface area contributed by atoms with E-state index >= 15 is 0 Å². The molecule has 166 valence electrons. The molecule has 2 heterocycles. The molecule has 1 aliphatic rings. The molecule has 2 aromatic rings. The first kappa shape index (κ1) is 24.1. The Hall–Kier alpha value is -2.21. The fourth-order valence-corrected chi connectivity index (χ4v) is 3.42. The maximum absolute atomic E-state index is 5.43. The van der Waals surface area contributed by atoms with Gasteiger partial charge in [0.2, 0.25) is 5.75 Å². The summed E-state index contributed by atoms with van der Waals surface area (Å²) in [6, 6.07) is 5.79. The molecule has 0 saturated carbocycles. The molecule has 10 heteroatoms. The molecule has 1 aromatic heterocycles. The zero-order valence-corrected chi connectivity index (χ0v) is 20.2. The molecule has 0 radical (unpaired) electrons. The maximum Gasteiger partial charge on any atom is 0.203 e. The van der Waals surface area contributed by atoms with Crippen molar-refractivity contribution < 1.29 is 18.7 Å². The third kappa shape index (κ3) is 5.91. The van der Waals surface area contributed by atoms with E-state index in [0.29, 0.717) is 23.8 Å². The lowest BCUT2D eigenvalue weighted by atomic mass is 10.1. The van der Waals surface area contributed by atoms with Crippen LogP contribution in [0.2, 0.25) is 0 Å². The minimum atomic E-state index is 0. The van der Waals surface area contributed by atoms with Gasteiger partial charge in [-0.05, 0) is 17.7 Å². The first-order chi connectivity index (χ1) is 14.2. The summed E-state index contributed by atoms with van der Waals surface area (Å²) in [6.45, 7) is 5.08. The van der Waals surface area contributed by atoms with Gasteiger partial charge >= 0.3 is 0 Å². The van der Waals surface area contributed by atoms with Crippen LogP contribution in [0.15, 0.2) is 34.0 Å². The van der Waals surface area contributed by atoms with Crippen LogP contribution in [0.1, 0.15) is 11.3 Å². The van der Waals surface area contributed by atoms with E-state index in [2.05, 4.69) is 25.3 Å². The first-order valence-electron chi connectivity index (χ1n) is 9.54. The van der Waals surface area contributed by atoms with Gasteiger partial charge in [-0.2, -0.15) is 0 Å². The minimum absolute atomic E-state index is 0. The third-order valence-corrected chi connectivity index (χ3v) is 4.94. The molecule has 0 atom stereocenters. The number of nitrogens with zero attached hydrogens (tertiary/aromatic N) is 4. The summed E-state index contributed by atoms with van der Waals surface area (Å²) < 4.78 is 21.2. The van der Waals surface area contributed by atoms with Crippen LogP contribution in [-0.4, -0.2) is 75.5 Å². The summed E-state index contributed by atoms with van der Waals surface area (Å²) in [7, 11) is 6.64. The summed E-state index contributed by atoms with van der Waals surface area (Å²) in [5.41, 5.74) is 1.98. The standard InChI is InChI=1S/C20H29N5O4.HI/c1-21-20(25-8-6-24(7-9-25)14-16-5-10-29-23-16)22-13-15-11-17(26-2)19(28-4)18(12-15)27-3;/h5,10-12H,6-9,13-14H2,1-4H3,(H,21,22);1H. The van der Waals surface area contributed by atoms with Crippen LogP contribution in [-0.2, 0) is 13.1 Å². The fourth-order valence-electron chi connectivity index (χ4n) is 3.42. The molecular formula is C20H30IN5O4. The van der Waals surface area contributed by atoms with Crippen molar-refractivity contribution in [3.05, 3.63) is 35.7 Å². The number of hydrogen-bond acceptors (Lipinski definition) is 7. The smallest absolute Gasteiger partial charge is 0.203 e. The lowest BCUT2D eigenvalue weighted by Crippen LogP contribution is -2.52. The van der Waals surface area contributed by atoms with Crippen molar-refractivity contribution in [1.82, 2.24) is 20.3 Å². The van der Waals surface area contributed by atoms with Crippen LogP contribution in [0, 0.1) is 0 Å². The number of hydrogen-bond donors (Lipinski definition) is 1. The number of methoxy groups -OCH3 is 3. The van der Waals surface area contributed by atoms with E-state index in [1.807, 2.05) is 18.2 Å². The molecule has 1 aromatic carbocycles. The number of nitrogens with one attached hydrogen (secondary N) is 1. The van der Waals surface area contributed by atoms with E-state index in [1.165, 1.54) is 0 Å². The van der Waals surface area contributed by atoms with Crippen molar-refractivity contribution in [2.24, 2.45) is 4.99 Å². The summed E-state index contributed by atoms with van der Waals surface area (Å²) in [5.74, 6) is 2.74. The number of aliphatic imine (C=N–C) groups is 1. The molecule has 1 aliphatic heterocycles. The lowest BCUT2D eigenvalue weighted by molar-refractivity contribution is 0.169. The highest BCUT2D eigenvalue weighted by Gasteiger charge is 2.20. The number of halogens is 1. The monoisotopic (exact) mass is 531 g/mol. The minimum Gasteiger partial charge on any atom is -0.493 e. The Morgan fingerprint density at radius 1 is 1.10 bits per heavy atom. The Balaban J connectivity index is 0.00000320. The average Bonchev–Trinajstić information content (AvgIpc) is 3.27. The number of rotatable bonds is 7. The van der Waals surface area contributed by atoms with E-state index in [0.717, 1.165) is 49.9 Å². The fraction of sp³-hybridized carbons (Fsp3) is 0.500. The van der Waals surface area contributed by atoms with Gasteiger partial charge in [0.25, 0.3) is 0 Å². The molecule has 30 heavy (non-hydrogen) atoms. The van der Waals surface area contributed by atoms with Gasteiger partial charge in [0.15, 0.2) is 17.5 Å². The van der Waals surface area contributed by atoms with Gasteiger partial charge in [0.1, 0.15) is 6.26 Å². The Kier molecular flexibility index (Phi) is 9.50. The number of piperazine rings is 1. The zero-order chi connectivity index (χ0) is 20.6. The predicted octanol–water partition coefficient (Wildman–Crippen LogP) is 2.21. The van der Waals surface area contributed by atoms with E-state index in [-0.39, 0.29) is 24.0 Å². The second-order valence-electron chi connectivity index (χ2n) is 6.69. The molecule has 1 N–H and O–H groups in total. The Morgan fingerprint density at radius 2 is 1.77 bits per heavy atom. The van der Waals surface area contributed by atoms with Crippen molar-refractivity contribution in [3.63, 3.8) is 0 Å². The first-order valence-corrected chi connectivity index (χ1v) is 9.54. The molecule has 1 fully saturated rings. The van der Waals surface area contributed by atoms with Crippen molar-refractivity contribution in [1.29, 1.82) is 0 Å². The zero-order valence-electron chi connectivity index (χ0n) is 17.9. The molecular weight excluding hydrogens is 501 g/mol. The molecule has 0 amide bonds. The summed E-state index contributed by atoms with van der Waals surface area (Å²) in [6.07, 6.45) is 1.61. The van der Waals surface area contributed by atoms with Gasteiger partial charge < -0.3 is 29.0 Å². The highest BCUT2D eigenvalue weighted by atomic mass is 127. The van der Waals surface area contributed by atoms with Crippen LogP contribution in [0.5, 0.6) is 17.2 Å². The van der Waals surface area contributed by atoms with Crippen LogP contribution >= 0.6 is 24.0 Å². The highest BCUT2D eigenvalue weighted by Crippen LogP contribution is 2.38. The Morgan fingerprint density at radius 3 is 2.27 bits per heavy atom. The number of ether oxygens (including phenoxy) is 3. The van der Waals surface area contributed by atoms with Crippen molar-refractivity contribution in [2.75, 3.05) is 54.6 Å². The van der Waals surface area contributed by atoms with Gasteiger partial charge in [-0.3, -0.25) is 9.89 Å². The lowest BCUT2D eigenvalue weighted by Gasteiger charge is -2.36. The third-order valence-electron chi connectivity index (χ3n) is 4.94. The second-order valence-corrected chi connectivity index (χ2v) is 6.69. The molecule has 0 unspecified atom stereocenters. The van der Waals surface area contributed by atoms with Gasteiger partial charge in [-0.1, -0.05) is 5.16 Å². The van der Waals surface area contributed by atoms with Crippen LogP contribution in [0.3, 0.4) is 0 Å². The van der Waals surface area contributed by atoms with Gasteiger partial charge in [0.05, 0.1) is 27.0 Å². The molecule has 0 aliphatic carbocycles. The number of benzene rings is 1. The molecule has 0 bridgehead atoms. The topological polar surface area (TPSA) is 84.6 Å². The largest absolute Gasteiger partial charge is 0.493 e. The average molecular weight is 531 g/mol. The van der Waals surface area contributed by atoms with Gasteiger partial charge in [-0.15, -0.1) is 24.0 Å². The predicted molar refractivity (Wildman–Crippen MR) is 125 cm³/mol. The number of aromatic nitrogens is 1. The summed E-state index contributed by atoms with van der Waals surface area (Å²) in [4.78, 5) is 9.07. The highest BCUT2D eigenvalue weighted by molar-refractivity contribution is 14.0. The number of guanidine groups is 1. The summed E-state index contributed by atoms with van der Waals surface area (Å²) >= 11 is 0. The van der Waals surface area contributed by atoms with E-state index in [1.54, 1.807) is 34.6 Å². The van der Waals surface area contributed by atoms with Gasteiger partial charge in [-0.25, -0.2) is 0 Å².